The van der Waals surface area contributed by atoms with E-state index in [9.17, 15) is 0 Å². The van der Waals surface area contributed by atoms with Crippen molar-refractivity contribution in [2.45, 2.75) is 25.8 Å². The molecule has 4 heteroatoms. The second-order valence-electron chi connectivity index (χ2n) is 5.29. The molecule has 0 aliphatic carbocycles. The molecule has 1 aromatic heterocycles. The zero-order valence-electron chi connectivity index (χ0n) is 11.9. The van der Waals surface area contributed by atoms with E-state index in [4.69, 9.17) is 16.9 Å². The average molecular weight is 298 g/mol. The fourth-order valence-corrected chi connectivity index (χ4v) is 3.21. The monoisotopic (exact) mass is 297 g/mol. The zero-order chi connectivity index (χ0) is 14.8. The Morgan fingerprint density at radius 3 is 2.90 bits per heavy atom. The average Bonchev–Trinajstić information content (AvgIpc) is 3.00. The van der Waals surface area contributed by atoms with Gasteiger partial charge in [0.05, 0.1) is 22.3 Å². The van der Waals surface area contributed by atoms with Crippen LogP contribution in [0.15, 0.2) is 36.5 Å². The normalized spacial score (nSPS) is 17.8. The maximum Gasteiger partial charge on any atom is 0.101 e. The first kappa shape index (κ1) is 13.9. The van der Waals surface area contributed by atoms with Crippen molar-refractivity contribution in [1.29, 1.82) is 5.26 Å². The lowest BCUT2D eigenvalue weighted by atomic mass is 10.1. The molecule has 1 aromatic carbocycles. The molecule has 1 aliphatic heterocycles. The number of pyridine rings is 1. The molecule has 0 radical (unpaired) electrons. The highest BCUT2D eigenvalue weighted by molar-refractivity contribution is 6.32. The molecular formula is C17H16ClN3. The van der Waals surface area contributed by atoms with Gasteiger partial charge in [-0.2, -0.15) is 5.26 Å². The van der Waals surface area contributed by atoms with E-state index < -0.39 is 0 Å². The van der Waals surface area contributed by atoms with E-state index in [1.54, 1.807) is 6.07 Å². The molecule has 106 valence electrons. The molecule has 2 aromatic rings. The van der Waals surface area contributed by atoms with Crippen LogP contribution in [0.3, 0.4) is 0 Å². The quantitative estimate of drug-likeness (QED) is 0.831. The number of hydrogen-bond donors (Lipinski definition) is 0. The van der Waals surface area contributed by atoms with Gasteiger partial charge in [-0.1, -0.05) is 17.7 Å². The number of hydrogen-bond acceptors (Lipinski definition) is 3. The van der Waals surface area contributed by atoms with Gasteiger partial charge in [-0.05, 0) is 49.6 Å². The lowest BCUT2D eigenvalue weighted by molar-refractivity contribution is 0.693. The molecule has 1 fully saturated rings. The molecule has 1 saturated heterocycles. The molecule has 0 bridgehead atoms. The number of aromatic nitrogens is 1. The Labute approximate surface area is 129 Å². The number of halogens is 1. The standard InChI is InChI=1S/C17H16ClN3/c1-12-15(8-7-13(11-19)17(12)18)21-10-4-6-16(21)14-5-2-3-9-20-14/h2-3,5,7-9,16H,4,6,10H2,1H3. The third-order valence-electron chi connectivity index (χ3n) is 4.07. The van der Waals surface area contributed by atoms with Crippen LogP contribution in [0.5, 0.6) is 0 Å². The number of nitrogens with zero attached hydrogens (tertiary/aromatic N) is 3. The minimum atomic E-state index is 0.286. The molecule has 1 aliphatic rings. The first-order valence-electron chi connectivity index (χ1n) is 7.09. The predicted molar refractivity (Wildman–Crippen MR) is 84.5 cm³/mol. The van der Waals surface area contributed by atoms with Crippen LogP contribution in [-0.2, 0) is 0 Å². The molecule has 0 spiro atoms. The fourth-order valence-electron chi connectivity index (χ4n) is 3.01. The third kappa shape index (κ3) is 2.48. The molecule has 0 amide bonds. The zero-order valence-corrected chi connectivity index (χ0v) is 12.6. The summed E-state index contributed by atoms with van der Waals surface area (Å²) in [7, 11) is 0. The van der Waals surface area contributed by atoms with Crippen LogP contribution in [0.25, 0.3) is 0 Å². The molecule has 21 heavy (non-hydrogen) atoms. The van der Waals surface area contributed by atoms with Crippen molar-refractivity contribution in [2.24, 2.45) is 0 Å². The van der Waals surface area contributed by atoms with Crippen LogP contribution >= 0.6 is 11.6 Å². The van der Waals surface area contributed by atoms with Crippen molar-refractivity contribution in [3.05, 3.63) is 58.4 Å². The lowest BCUT2D eigenvalue weighted by Crippen LogP contribution is -2.24. The minimum Gasteiger partial charge on any atom is -0.363 e. The topological polar surface area (TPSA) is 39.9 Å². The van der Waals surface area contributed by atoms with E-state index in [-0.39, 0.29) is 6.04 Å². The van der Waals surface area contributed by atoms with Gasteiger partial charge >= 0.3 is 0 Å². The Morgan fingerprint density at radius 2 is 2.19 bits per heavy atom. The highest BCUT2D eigenvalue weighted by Gasteiger charge is 2.28. The van der Waals surface area contributed by atoms with E-state index in [2.05, 4.69) is 22.0 Å². The van der Waals surface area contributed by atoms with E-state index in [0.717, 1.165) is 36.3 Å². The molecule has 3 nitrogen and oxygen atoms in total. The van der Waals surface area contributed by atoms with E-state index in [1.807, 2.05) is 31.3 Å². The maximum absolute atomic E-state index is 9.07. The smallest absolute Gasteiger partial charge is 0.101 e. The van der Waals surface area contributed by atoms with E-state index in [1.165, 1.54) is 0 Å². The highest BCUT2D eigenvalue weighted by atomic mass is 35.5. The van der Waals surface area contributed by atoms with Gasteiger partial charge in [0.1, 0.15) is 6.07 Å². The summed E-state index contributed by atoms with van der Waals surface area (Å²) in [6, 6.07) is 12.3. The number of benzene rings is 1. The van der Waals surface area contributed by atoms with Crippen LogP contribution in [0.1, 0.15) is 35.7 Å². The summed E-state index contributed by atoms with van der Waals surface area (Å²) in [5.41, 5.74) is 3.70. The molecule has 0 N–H and O–H groups in total. The summed E-state index contributed by atoms with van der Waals surface area (Å²) in [6.45, 7) is 2.97. The molecule has 1 unspecified atom stereocenters. The van der Waals surface area contributed by atoms with Crippen LogP contribution < -0.4 is 4.90 Å². The highest BCUT2D eigenvalue weighted by Crippen LogP contribution is 2.39. The Kier molecular flexibility index (Phi) is 3.81. The van der Waals surface area contributed by atoms with Crippen LogP contribution in [-0.4, -0.2) is 11.5 Å². The summed E-state index contributed by atoms with van der Waals surface area (Å²) < 4.78 is 0. The Hall–Kier alpha value is -2.05. The van der Waals surface area contributed by atoms with Crippen molar-refractivity contribution in [3.63, 3.8) is 0 Å². The van der Waals surface area contributed by atoms with Crippen molar-refractivity contribution in [1.82, 2.24) is 4.98 Å². The van der Waals surface area contributed by atoms with Crippen LogP contribution in [0.2, 0.25) is 5.02 Å². The van der Waals surface area contributed by atoms with Crippen molar-refractivity contribution < 1.29 is 0 Å². The summed E-state index contributed by atoms with van der Waals surface area (Å²) in [6.07, 6.45) is 4.07. The third-order valence-corrected chi connectivity index (χ3v) is 4.56. The lowest BCUT2D eigenvalue weighted by Gasteiger charge is -2.28. The van der Waals surface area contributed by atoms with Crippen molar-refractivity contribution in [2.75, 3.05) is 11.4 Å². The van der Waals surface area contributed by atoms with Crippen LogP contribution in [0, 0.1) is 18.3 Å². The Bertz CT molecular complexity index is 691. The Morgan fingerprint density at radius 1 is 1.33 bits per heavy atom. The largest absolute Gasteiger partial charge is 0.363 e. The van der Waals surface area contributed by atoms with Gasteiger partial charge in [0.2, 0.25) is 0 Å². The first-order chi connectivity index (χ1) is 10.2. The molecule has 0 saturated carbocycles. The first-order valence-corrected chi connectivity index (χ1v) is 7.47. The fraction of sp³-hybridized carbons (Fsp3) is 0.294. The van der Waals surface area contributed by atoms with E-state index >= 15 is 0 Å². The number of anilines is 1. The maximum atomic E-state index is 9.07. The SMILES string of the molecule is Cc1c(N2CCCC2c2ccccn2)ccc(C#N)c1Cl. The van der Waals surface area contributed by atoms with Gasteiger partial charge in [0.25, 0.3) is 0 Å². The van der Waals surface area contributed by atoms with Gasteiger partial charge < -0.3 is 4.90 Å². The molecule has 2 heterocycles. The molecule has 3 rings (SSSR count). The van der Waals surface area contributed by atoms with Gasteiger partial charge in [-0.3, -0.25) is 4.98 Å². The van der Waals surface area contributed by atoms with Gasteiger partial charge in [0, 0.05) is 18.4 Å². The summed E-state index contributed by atoms with van der Waals surface area (Å²) in [5, 5.41) is 9.63. The minimum absolute atomic E-state index is 0.286. The number of nitriles is 1. The Balaban J connectivity index is 2.00. The van der Waals surface area contributed by atoms with Gasteiger partial charge in [0.15, 0.2) is 0 Å². The summed E-state index contributed by atoms with van der Waals surface area (Å²) >= 11 is 6.31. The van der Waals surface area contributed by atoms with Crippen molar-refractivity contribution >= 4 is 17.3 Å². The second kappa shape index (κ2) is 5.75. The van der Waals surface area contributed by atoms with Crippen molar-refractivity contribution in [3.8, 4) is 6.07 Å². The van der Waals surface area contributed by atoms with E-state index in [0.29, 0.717) is 10.6 Å². The predicted octanol–water partition coefficient (Wildman–Crippen LogP) is 4.26. The van der Waals surface area contributed by atoms with Gasteiger partial charge in [-0.15, -0.1) is 0 Å². The summed E-state index contributed by atoms with van der Waals surface area (Å²) in [5.74, 6) is 0. The second-order valence-corrected chi connectivity index (χ2v) is 5.67. The van der Waals surface area contributed by atoms with Crippen LogP contribution in [0.4, 0.5) is 5.69 Å². The number of rotatable bonds is 2. The molecule has 1 atom stereocenters. The molecular weight excluding hydrogens is 282 g/mol. The summed E-state index contributed by atoms with van der Waals surface area (Å²) in [4.78, 5) is 6.85. The van der Waals surface area contributed by atoms with Gasteiger partial charge in [-0.25, -0.2) is 0 Å².